The Balaban J connectivity index is 1.97. The summed E-state index contributed by atoms with van der Waals surface area (Å²) in [7, 11) is 0. The number of hydrogen-bond acceptors (Lipinski definition) is 6. The summed E-state index contributed by atoms with van der Waals surface area (Å²) < 4.78 is 11.7. The zero-order valence-electron chi connectivity index (χ0n) is 18.2. The summed E-state index contributed by atoms with van der Waals surface area (Å²) in [6.45, 7) is 9.44. The zero-order valence-corrected chi connectivity index (χ0v) is 18.2. The first-order chi connectivity index (χ1) is 15.2. The van der Waals surface area contributed by atoms with Gasteiger partial charge >= 0.3 is 5.97 Å². The Morgan fingerprint density at radius 1 is 0.871 bits per heavy atom. The standard InChI is InChI=1S/C25H27N3O3/c1-4-28(5-2)15-16-31-24-18-12-8-7-11-17(18)22-23(21(24)25(29)30-6-3)27-20-14-10-9-13-19(20)26-22/h7-14H,4-6,15-16H2,1-3H3. The molecule has 160 valence electrons. The average molecular weight is 418 g/mol. The van der Waals surface area contributed by atoms with Crippen molar-refractivity contribution < 1.29 is 14.3 Å². The van der Waals surface area contributed by atoms with Gasteiger partial charge in [-0.15, -0.1) is 0 Å². The minimum atomic E-state index is -0.444. The molecule has 3 aromatic carbocycles. The molecule has 0 atom stereocenters. The van der Waals surface area contributed by atoms with Crippen LogP contribution in [0, 0.1) is 0 Å². The third-order valence-electron chi connectivity index (χ3n) is 5.49. The molecule has 0 bridgehead atoms. The van der Waals surface area contributed by atoms with E-state index >= 15 is 0 Å². The molecule has 1 heterocycles. The predicted octanol–water partition coefficient (Wildman–Crippen LogP) is 4.83. The van der Waals surface area contributed by atoms with E-state index in [2.05, 4.69) is 18.7 Å². The van der Waals surface area contributed by atoms with Crippen molar-refractivity contribution in [3.63, 3.8) is 0 Å². The molecule has 6 nitrogen and oxygen atoms in total. The Hall–Kier alpha value is -3.25. The minimum Gasteiger partial charge on any atom is -0.491 e. The fourth-order valence-electron chi connectivity index (χ4n) is 3.85. The molecule has 0 unspecified atom stereocenters. The van der Waals surface area contributed by atoms with Gasteiger partial charge in [-0.1, -0.05) is 50.2 Å². The molecular formula is C25H27N3O3. The lowest BCUT2D eigenvalue weighted by Crippen LogP contribution is -2.28. The molecule has 0 amide bonds. The molecule has 0 saturated carbocycles. The molecule has 0 N–H and O–H groups in total. The lowest BCUT2D eigenvalue weighted by atomic mass is 10.0. The normalized spacial score (nSPS) is 11.5. The molecule has 0 aliphatic heterocycles. The number of carbonyl (C=O) groups excluding carboxylic acids is 1. The van der Waals surface area contributed by atoms with Crippen molar-refractivity contribution in [2.24, 2.45) is 0 Å². The summed E-state index contributed by atoms with van der Waals surface area (Å²) in [4.78, 5) is 25.0. The summed E-state index contributed by atoms with van der Waals surface area (Å²) in [6.07, 6.45) is 0. The van der Waals surface area contributed by atoms with E-state index in [0.29, 0.717) is 29.0 Å². The monoisotopic (exact) mass is 417 g/mol. The number of esters is 1. The van der Waals surface area contributed by atoms with Crippen LogP contribution in [0.1, 0.15) is 31.1 Å². The van der Waals surface area contributed by atoms with Crippen LogP contribution in [0.25, 0.3) is 32.8 Å². The van der Waals surface area contributed by atoms with Crippen molar-refractivity contribution in [2.45, 2.75) is 20.8 Å². The highest BCUT2D eigenvalue weighted by Crippen LogP contribution is 2.37. The molecule has 31 heavy (non-hydrogen) atoms. The van der Waals surface area contributed by atoms with E-state index in [4.69, 9.17) is 19.4 Å². The van der Waals surface area contributed by atoms with Crippen molar-refractivity contribution >= 4 is 38.8 Å². The van der Waals surface area contributed by atoms with Crippen molar-refractivity contribution in [1.82, 2.24) is 14.9 Å². The predicted molar refractivity (Wildman–Crippen MR) is 124 cm³/mol. The Morgan fingerprint density at radius 3 is 2.13 bits per heavy atom. The molecule has 1 aromatic heterocycles. The summed E-state index contributed by atoms with van der Waals surface area (Å²) in [5, 5.41) is 1.74. The topological polar surface area (TPSA) is 64.6 Å². The molecule has 0 aliphatic rings. The van der Waals surface area contributed by atoms with E-state index < -0.39 is 5.97 Å². The SMILES string of the molecule is CCOC(=O)c1c(OCCN(CC)CC)c2ccccc2c2nc3ccccc3nc12. The molecule has 4 rings (SSSR count). The number of para-hydroxylation sites is 2. The molecule has 0 saturated heterocycles. The average Bonchev–Trinajstić information content (AvgIpc) is 2.80. The van der Waals surface area contributed by atoms with Gasteiger partial charge in [0.15, 0.2) is 0 Å². The number of hydrogen-bond donors (Lipinski definition) is 0. The van der Waals surface area contributed by atoms with Gasteiger partial charge in [0.2, 0.25) is 0 Å². The van der Waals surface area contributed by atoms with E-state index in [0.717, 1.165) is 41.4 Å². The molecule has 6 heteroatoms. The molecule has 0 fully saturated rings. The quantitative estimate of drug-likeness (QED) is 0.232. The molecule has 0 spiro atoms. The van der Waals surface area contributed by atoms with E-state index in [1.807, 2.05) is 48.5 Å². The van der Waals surface area contributed by atoms with Crippen LogP contribution in [0.5, 0.6) is 5.75 Å². The van der Waals surface area contributed by atoms with Gasteiger partial charge in [-0.05, 0) is 32.1 Å². The fourth-order valence-corrected chi connectivity index (χ4v) is 3.85. The highest BCUT2D eigenvalue weighted by atomic mass is 16.5. The highest BCUT2D eigenvalue weighted by molar-refractivity contribution is 6.18. The number of likely N-dealkylation sites (N-methyl/N-ethyl adjacent to an activating group) is 1. The largest absolute Gasteiger partial charge is 0.491 e. The number of aromatic nitrogens is 2. The van der Waals surface area contributed by atoms with Crippen LogP contribution in [-0.2, 0) is 4.74 Å². The number of ether oxygens (including phenoxy) is 2. The summed E-state index contributed by atoms with van der Waals surface area (Å²) in [5.74, 6) is 0.0685. The Bertz CT molecular complexity index is 1240. The third-order valence-corrected chi connectivity index (χ3v) is 5.49. The second-order valence-electron chi connectivity index (χ2n) is 7.26. The lowest BCUT2D eigenvalue weighted by Gasteiger charge is -2.20. The van der Waals surface area contributed by atoms with Crippen LogP contribution < -0.4 is 4.74 Å². The summed E-state index contributed by atoms with van der Waals surface area (Å²) in [5.41, 5.74) is 3.03. The first kappa shape index (κ1) is 21.0. The maximum Gasteiger partial charge on any atom is 0.344 e. The van der Waals surface area contributed by atoms with Gasteiger partial charge < -0.3 is 14.4 Å². The zero-order chi connectivity index (χ0) is 21.8. The van der Waals surface area contributed by atoms with Crippen LogP contribution in [0.15, 0.2) is 48.5 Å². The van der Waals surface area contributed by atoms with Gasteiger partial charge in [0.25, 0.3) is 0 Å². The van der Waals surface area contributed by atoms with Crippen molar-refractivity contribution in [2.75, 3.05) is 32.8 Å². The molecule has 4 aromatic rings. The Kier molecular flexibility index (Phi) is 6.28. The maximum atomic E-state index is 13.1. The number of rotatable bonds is 8. The van der Waals surface area contributed by atoms with Gasteiger partial charge in [-0.2, -0.15) is 0 Å². The van der Waals surface area contributed by atoms with Crippen LogP contribution in [0.4, 0.5) is 0 Å². The Labute approximate surface area is 181 Å². The van der Waals surface area contributed by atoms with E-state index in [9.17, 15) is 4.79 Å². The first-order valence-corrected chi connectivity index (χ1v) is 10.8. The lowest BCUT2D eigenvalue weighted by molar-refractivity contribution is 0.0524. The minimum absolute atomic E-state index is 0.271. The summed E-state index contributed by atoms with van der Waals surface area (Å²) in [6, 6.07) is 15.5. The highest BCUT2D eigenvalue weighted by Gasteiger charge is 2.24. The second-order valence-corrected chi connectivity index (χ2v) is 7.26. The Morgan fingerprint density at radius 2 is 1.48 bits per heavy atom. The number of benzene rings is 3. The number of carbonyl (C=O) groups is 1. The van der Waals surface area contributed by atoms with Crippen molar-refractivity contribution in [3.05, 3.63) is 54.1 Å². The second kappa shape index (κ2) is 9.27. The van der Waals surface area contributed by atoms with Gasteiger partial charge in [-0.3, -0.25) is 0 Å². The fraction of sp³-hybridized carbons (Fsp3) is 0.320. The first-order valence-electron chi connectivity index (χ1n) is 10.8. The summed E-state index contributed by atoms with van der Waals surface area (Å²) >= 11 is 0. The van der Waals surface area contributed by atoms with E-state index in [-0.39, 0.29) is 6.61 Å². The van der Waals surface area contributed by atoms with Gasteiger partial charge in [0.05, 0.1) is 23.2 Å². The van der Waals surface area contributed by atoms with Crippen molar-refractivity contribution in [1.29, 1.82) is 0 Å². The van der Waals surface area contributed by atoms with Gasteiger partial charge in [-0.25, -0.2) is 14.8 Å². The number of nitrogens with zero attached hydrogens (tertiary/aromatic N) is 3. The van der Waals surface area contributed by atoms with Crippen LogP contribution in [0.3, 0.4) is 0 Å². The van der Waals surface area contributed by atoms with Crippen LogP contribution in [0.2, 0.25) is 0 Å². The smallest absolute Gasteiger partial charge is 0.344 e. The number of fused-ring (bicyclic) bond motifs is 4. The van der Waals surface area contributed by atoms with Crippen LogP contribution >= 0.6 is 0 Å². The van der Waals surface area contributed by atoms with Gasteiger partial charge in [0, 0.05) is 17.3 Å². The van der Waals surface area contributed by atoms with Crippen LogP contribution in [-0.4, -0.2) is 53.7 Å². The molecule has 0 radical (unpaired) electrons. The van der Waals surface area contributed by atoms with Gasteiger partial charge in [0.1, 0.15) is 23.4 Å². The third kappa shape index (κ3) is 4.03. The van der Waals surface area contributed by atoms with E-state index in [1.165, 1.54) is 0 Å². The molecule has 0 aliphatic carbocycles. The van der Waals surface area contributed by atoms with Crippen molar-refractivity contribution in [3.8, 4) is 5.75 Å². The van der Waals surface area contributed by atoms with E-state index in [1.54, 1.807) is 6.92 Å². The maximum absolute atomic E-state index is 13.1. The molecular weight excluding hydrogens is 390 g/mol.